The fourth-order valence-electron chi connectivity index (χ4n) is 2.50. The molecule has 0 saturated heterocycles. The van der Waals surface area contributed by atoms with Crippen molar-refractivity contribution in [1.82, 2.24) is 10.6 Å². The van der Waals surface area contributed by atoms with Crippen LogP contribution < -0.4 is 10.6 Å². The molecule has 130 valence electrons. The van der Waals surface area contributed by atoms with E-state index in [9.17, 15) is 4.79 Å². The third-order valence-corrected chi connectivity index (χ3v) is 3.81. The second kappa shape index (κ2) is 12.7. The predicted molar refractivity (Wildman–Crippen MR) is 97.0 cm³/mol. The average Bonchev–Trinajstić information content (AvgIpc) is 2.41. The van der Waals surface area contributed by atoms with Crippen LogP contribution in [0, 0.1) is 5.92 Å². The third-order valence-electron chi connectivity index (χ3n) is 3.81. The Labute approximate surface area is 138 Å². The minimum absolute atomic E-state index is 0.209. The molecule has 0 radical (unpaired) electrons. The first-order valence-electron chi connectivity index (χ1n) is 9.01. The highest BCUT2D eigenvalue weighted by atomic mass is 16.1. The Morgan fingerprint density at radius 2 is 1.64 bits per heavy atom. The van der Waals surface area contributed by atoms with Crippen LogP contribution in [0.3, 0.4) is 0 Å². The van der Waals surface area contributed by atoms with Crippen LogP contribution in [0.1, 0.15) is 79.6 Å². The van der Waals surface area contributed by atoms with Crippen LogP contribution in [0.2, 0.25) is 0 Å². The zero-order valence-electron chi connectivity index (χ0n) is 15.5. The molecule has 0 fully saturated rings. The zero-order valence-corrected chi connectivity index (χ0v) is 15.5. The molecular formula is C19H38N2O. The van der Waals surface area contributed by atoms with Crippen molar-refractivity contribution >= 4 is 5.91 Å². The number of carbonyl (C=O) groups excluding carboxylic acids is 1. The van der Waals surface area contributed by atoms with Crippen LogP contribution in [0.4, 0.5) is 0 Å². The molecule has 0 saturated carbocycles. The van der Waals surface area contributed by atoms with Crippen LogP contribution >= 0.6 is 0 Å². The number of hydrogen-bond donors (Lipinski definition) is 2. The molecule has 0 spiro atoms. The molecule has 0 aliphatic rings. The van der Waals surface area contributed by atoms with E-state index in [4.69, 9.17) is 0 Å². The minimum atomic E-state index is 0.209. The predicted octanol–water partition coefficient (Wildman–Crippen LogP) is 4.43. The summed E-state index contributed by atoms with van der Waals surface area (Å²) >= 11 is 0. The van der Waals surface area contributed by atoms with Crippen LogP contribution in [-0.2, 0) is 4.79 Å². The molecule has 22 heavy (non-hydrogen) atoms. The molecule has 0 aromatic carbocycles. The van der Waals surface area contributed by atoms with E-state index in [2.05, 4.69) is 51.8 Å². The van der Waals surface area contributed by atoms with Gasteiger partial charge < -0.3 is 10.6 Å². The number of hydrogen-bond acceptors (Lipinski definition) is 2. The van der Waals surface area contributed by atoms with Gasteiger partial charge in [0.05, 0.1) is 0 Å². The van der Waals surface area contributed by atoms with E-state index < -0.39 is 0 Å². The molecule has 0 heterocycles. The van der Waals surface area contributed by atoms with E-state index in [-0.39, 0.29) is 5.91 Å². The Balaban J connectivity index is 3.62. The largest absolute Gasteiger partial charge is 0.356 e. The maximum absolute atomic E-state index is 11.7. The van der Waals surface area contributed by atoms with Gasteiger partial charge in [0.25, 0.3) is 0 Å². The fraction of sp³-hybridized carbons (Fsp3) is 0.842. The number of amides is 1. The lowest BCUT2D eigenvalue weighted by atomic mass is 10.0. The first-order chi connectivity index (χ1) is 10.3. The molecule has 0 bridgehead atoms. The Bertz CT molecular complexity index is 311. The van der Waals surface area contributed by atoms with Gasteiger partial charge in [-0.3, -0.25) is 4.79 Å². The summed E-state index contributed by atoms with van der Waals surface area (Å²) in [5.41, 5.74) is 1.20. The molecule has 1 atom stereocenters. The van der Waals surface area contributed by atoms with Crippen molar-refractivity contribution in [2.24, 2.45) is 5.92 Å². The highest BCUT2D eigenvalue weighted by Gasteiger charge is 2.10. The summed E-state index contributed by atoms with van der Waals surface area (Å²) in [4.78, 5) is 11.7. The van der Waals surface area contributed by atoms with Gasteiger partial charge in [-0.15, -0.1) is 0 Å². The van der Waals surface area contributed by atoms with E-state index in [1.54, 1.807) is 0 Å². The number of nitrogens with one attached hydrogen (secondary N) is 2. The zero-order chi connectivity index (χ0) is 17.0. The van der Waals surface area contributed by atoms with Crippen molar-refractivity contribution in [3.63, 3.8) is 0 Å². The van der Waals surface area contributed by atoms with Crippen LogP contribution in [0.15, 0.2) is 12.2 Å². The lowest BCUT2D eigenvalue weighted by molar-refractivity contribution is -0.121. The van der Waals surface area contributed by atoms with Crippen molar-refractivity contribution in [2.75, 3.05) is 6.54 Å². The first-order valence-corrected chi connectivity index (χ1v) is 9.01. The summed E-state index contributed by atoms with van der Waals surface area (Å²) < 4.78 is 0. The lowest BCUT2D eigenvalue weighted by Crippen LogP contribution is -2.35. The second-order valence-corrected chi connectivity index (χ2v) is 7.21. The summed E-state index contributed by atoms with van der Waals surface area (Å²) in [6.45, 7) is 15.7. The SMILES string of the molecule is C=C(C)C(CCCCNC(=O)CCCCC(C)C)NC(C)C. The quantitative estimate of drug-likeness (QED) is 0.390. The lowest BCUT2D eigenvalue weighted by Gasteiger charge is -2.21. The number of unbranched alkanes of at least 4 members (excludes halogenated alkanes) is 2. The van der Waals surface area contributed by atoms with E-state index in [1.807, 2.05) is 0 Å². The molecule has 0 aliphatic carbocycles. The van der Waals surface area contributed by atoms with E-state index in [1.165, 1.54) is 12.0 Å². The van der Waals surface area contributed by atoms with Crippen molar-refractivity contribution in [3.8, 4) is 0 Å². The summed E-state index contributed by atoms with van der Waals surface area (Å²) in [6.07, 6.45) is 7.32. The Morgan fingerprint density at radius 1 is 1.00 bits per heavy atom. The van der Waals surface area contributed by atoms with E-state index in [0.717, 1.165) is 44.6 Å². The average molecular weight is 311 g/mol. The molecule has 1 unspecified atom stereocenters. The highest BCUT2D eigenvalue weighted by molar-refractivity contribution is 5.75. The Kier molecular flexibility index (Phi) is 12.2. The van der Waals surface area contributed by atoms with Gasteiger partial charge >= 0.3 is 0 Å². The standard InChI is InChI=1S/C19H38N2O/c1-15(2)11-7-8-13-19(22)20-14-10-9-12-18(16(3)4)21-17(5)6/h15,17-18,21H,3,7-14H2,1-2,4-6H3,(H,20,22). The number of carbonyl (C=O) groups is 1. The van der Waals surface area contributed by atoms with Gasteiger partial charge in [-0.1, -0.05) is 52.7 Å². The molecular weight excluding hydrogens is 272 g/mol. The third kappa shape index (κ3) is 12.9. The minimum Gasteiger partial charge on any atom is -0.356 e. The summed E-state index contributed by atoms with van der Waals surface area (Å²) in [7, 11) is 0. The van der Waals surface area contributed by atoms with Gasteiger partial charge in [-0.2, -0.15) is 0 Å². The molecule has 0 aromatic rings. The van der Waals surface area contributed by atoms with Gasteiger partial charge in [-0.05, 0) is 38.5 Å². The van der Waals surface area contributed by atoms with Crippen LogP contribution in [0.25, 0.3) is 0 Å². The van der Waals surface area contributed by atoms with Gasteiger partial charge in [0.1, 0.15) is 0 Å². The first kappa shape index (κ1) is 21.2. The van der Waals surface area contributed by atoms with Gasteiger partial charge in [0, 0.05) is 25.0 Å². The Morgan fingerprint density at radius 3 is 2.18 bits per heavy atom. The summed E-state index contributed by atoms with van der Waals surface area (Å²) in [5.74, 6) is 0.948. The van der Waals surface area contributed by atoms with Crippen LogP contribution in [-0.4, -0.2) is 24.5 Å². The molecule has 0 aromatic heterocycles. The monoisotopic (exact) mass is 310 g/mol. The smallest absolute Gasteiger partial charge is 0.219 e. The topological polar surface area (TPSA) is 41.1 Å². The molecule has 2 N–H and O–H groups in total. The second-order valence-electron chi connectivity index (χ2n) is 7.21. The van der Waals surface area contributed by atoms with Crippen molar-refractivity contribution in [3.05, 3.63) is 12.2 Å². The highest BCUT2D eigenvalue weighted by Crippen LogP contribution is 2.10. The normalized spacial score (nSPS) is 12.7. The van der Waals surface area contributed by atoms with E-state index in [0.29, 0.717) is 18.5 Å². The molecule has 0 rings (SSSR count). The summed E-state index contributed by atoms with van der Waals surface area (Å²) in [5, 5.41) is 6.57. The molecule has 3 heteroatoms. The van der Waals surface area contributed by atoms with Crippen molar-refractivity contribution < 1.29 is 4.79 Å². The van der Waals surface area contributed by atoms with Gasteiger partial charge in [-0.25, -0.2) is 0 Å². The molecule has 3 nitrogen and oxygen atoms in total. The van der Waals surface area contributed by atoms with Gasteiger partial charge in [0.2, 0.25) is 5.91 Å². The van der Waals surface area contributed by atoms with Crippen LogP contribution in [0.5, 0.6) is 0 Å². The summed E-state index contributed by atoms with van der Waals surface area (Å²) in [6, 6.07) is 0.874. The number of rotatable bonds is 13. The molecule has 1 amide bonds. The van der Waals surface area contributed by atoms with E-state index >= 15 is 0 Å². The van der Waals surface area contributed by atoms with Crippen molar-refractivity contribution in [1.29, 1.82) is 0 Å². The van der Waals surface area contributed by atoms with Gasteiger partial charge in [0.15, 0.2) is 0 Å². The maximum atomic E-state index is 11.7. The molecule has 0 aliphatic heterocycles. The van der Waals surface area contributed by atoms with Crippen molar-refractivity contribution in [2.45, 2.75) is 91.6 Å². The maximum Gasteiger partial charge on any atom is 0.219 e. The Hall–Kier alpha value is -0.830. The fourth-order valence-corrected chi connectivity index (χ4v) is 2.50.